The monoisotopic (exact) mass is 402 g/mol. The van der Waals surface area contributed by atoms with Gasteiger partial charge in [0.1, 0.15) is 5.82 Å². The van der Waals surface area contributed by atoms with Gasteiger partial charge in [-0.3, -0.25) is 14.5 Å². The Labute approximate surface area is 172 Å². The van der Waals surface area contributed by atoms with E-state index in [2.05, 4.69) is 20.6 Å². The van der Waals surface area contributed by atoms with E-state index in [4.69, 9.17) is 5.73 Å². The number of aromatic nitrogens is 4. The van der Waals surface area contributed by atoms with Gasteiger partial charge in [0, 0.05) is 24.9 Å². The van der Waals surface area contributed by atoms with E-state index in [9.17, 15) is 9.18 Å². The lowest BCUT2D eigenvalue weighted by atomic mass is 10.0. The molecule has 0 saturated heterocycles. The average Bonchev–Trinajstić information content (AvgIpc) is 3.24. The lowest BCUT2D eigenvalue weighted by Gasteiger charge is -2.10. The second kappa shape index (κ2) is 8.52. The Morgan fingerprint density at radius 1 is 1.07 bits per heavy atom. The highest BCUT2D eigenvalue weighted by Gasteiger charge is 2.13. The fourth-order valence-electron chi connectivity index (χ4n) is 2.96. The molecule has 2 heterocycles. The fraction of sp³-hybridized carbons (Fsp3) is 0.0909. The topological polar surface area (TPSA) is 98.7 Å². The molecular weight excluding hydrogens is 383 g/mol. The summed E-state index contributed by atoms with van der Waals surface area (Å²) in [5.74, 6) is -0.726. The molecule has 0 atom stereocenters. The second-order valence-electron chi connectivity index (χ2n) is 6.70. The minimum Gasteiger partial charge on any atom is -0.397 e. The predicted octanol–water partition coefficient (Wildman–Crippen LogP) is 3.56. The first-order chi connectivity index (χ1) is 14.6. The van der Waals surface area contributed by atoms with Crippen LogP contribution in [0.3, 0.4) is 0 Å². The summed E-state index contributed by atoms with van der Waals surface area (Å²) in [5.41, 5.74) is 9.61. The number of halogens is 1. The molecule has 2 aromatic carbocycles. The molecule has 150 valence electrons. The number of carbonyl (C=O) groups excluding carboxylic acids is 1. The second-order valence-corrected chi connectivity index (χ2v) is 6.70. The number of benzene rings is 2. The number of nitrogens with two attached hydrogens (primary N) is 1. The number of nitrogens with zero attached hydrogens (tertiary/aromatic N) is 4. The highest BCUT2D eigenvalue weighted by Crippen LogP contribution is 2.27. The van der Waals surface area contributed by atoms with Crippen LogP contribution in [0.25, 0.3) is 11.1 Å². The van der Waals surface area contributed by atoms with E-state index in [1.54, 1.807) is 41.3 Å². The maximum atomic E-state index is 13.2. The van der Waals surface area contributed by atoms with Crippen LogP contribution in [0, 0.1) is 5.82 Å². The molecule has 0 aliphatic carbocycles. The summed E-state index contributed by atoms with van der Waals surface area (Å²) < 4.78 is 14.8. The molecule has 30 heavy (non-hydrogen) atoms. The van der Waals surface area contributed by atoms with Crippen molar-refractivity contribution in [2.45, 2.75) is 13.0 Å². The summed E-state index contributed by atoms with van der Waals surface area (Å²) in [4.78, 5) is 16.9. The van der Waals surface area contributed by atoms with Gasteiger partial charge in [0.25, 0.3) is 5.91 Å². The SMILES string of the molecule is Nc1ccc(-c2ccc(F)cc2)cc1NC(=O)c1cn(CCc2ccccn2)nn1. The molecule has 4 rings (SSSR count). The summed E-state index contributed by atoms with van der Waals surface area (Å²) in [6.07, 6.45) is 4.00. The number of nitrogen functional groups attached to an aromatic ring is 1. The van der Waals surface area contributed by atoms with Crippen molar-refractivity contribution in [3.8, 4) is 11.1 Å². The van der Waals surface area contributed by atoms with Gasteiger partial charge in [-0.1, -0.05) is 29.5 Å². The van der Waals surface area contributed by atoms with Crippen molar-refractivity contribution in [3.05, 3.63) is 90.3 Å². The van der Waals surface area contributed by atoms with Gasteiger partial charge in [0.15, 0.2) is 5.69 Å². The third kappa shape index (κ3) is 4.49. The number of amides is 1. The molecule has 2 aromatic heterocycles. The molecule has 7 nitrogen and oxygen atoms in total. The van der Waals surface area contributed by atoms with E-state index < -0.39 is 5.91 Å². The number of hydrogen-bond donors (Lipinski definition) is 2. The van der Waals surface area contributed by atoms with Crippen LogP contribution < -0.4 is 11.1 Å². The summed E-state index contributed by atoms with van der Waals surface area (Å²) in [7, 11) is 0. The fourth-order valence-corrected chi connectivity index (χ4v) is 2.96. The zero-order valence-electron chi connectivity index (χ0n) is 16.0. The molecule has 0 radical (unpaired) electrons. The van der Waals surface area contributed by atoms with Crippen molar-refractivity contribution < 1.29 is 9.18 Å². The van der Waals surface area contributed by atoms with Crippen molar-refractivity contribution in [1.82, 2.24) is 20.0 Å². The molecule has 0 fully saturated rings. The number of rotatable bonds is 6. The molecule has 3 N–H and O–H groups in total. The number of aryl methyl sites for hydroxylation is 2. The number of anilines is 2. The predicted molar refractivity (Wildman–Crippen MR) is 112 cm³/mol. The van der Waals surface area contributed by atoms with Crippen molar-refractivity contribution in [1.29, 1.82) is 0 Å². The summed E-state index contributed by atoms with van der Waals surface area (Å²) >= 11 is 0. The van der Waals surface area contributed by atoms with Crippen LogP contribution in [-0.4, -0.2) is 25.9 Å². The molecule has 1 amide bonds. The Bertz CT molecular complexity index is 1160. The van der Waals surface area contributed by atoms with Gasteiger partial charge in [0.2, 0.25) is 0 Å². The molecule has 0 aliphatic heterocycles. The standard InChI is InChI=1S/C22H19FN6O/c23-17-7-4-15(5-8-17)16-6-9-19(24)20(13-16)26-22(30)21-14-29(28-27-21)12-10-18-3-1-2-11-25-18/h1-9,11,13-14H,10,12,24H2,(H,26,30). The van der Waals surface area contributed by atoms with E-state index in [0.29, 0.717) is 24.3 Å². The Balaban J connectivity index is 1.45. The molecule has 0 saturated carbocycles. The molecule has 0 unspecified atom stereocenters. The minimum atomic E-state index is -0.415. The van der Waals surface area contributed by atoms with E-state index in [1.165, 1.54) is 12.1 Å². The van der Waals surface area contributed by atoms with Gasteiger partial charge >= 0.3 is 0 Å². The Morgan fingerprint density at radius 2 is 1.87 bits per heavy atom. The minimum absolute atomic E-state index is 0.183. The molecule has 0 spiro atoms. The van der Waals surface area contributed by atoms with Crippen molar-refractivity contribution >= 4 is 17.3 Å². The lowest BCUT2D eigenvalue weighted by molar-refractivity contribution is 0.102. The first kappa shape index (κ1) is 19.3. The smallest absolute Gasteiger partial charge is 0.277 e. The van der Waals surface area contributed by atoms with E-state index in [1.807, 2.05) is 24.3 Å². The van der Waals surface area contributed by atoms with E-state index in [-0.39, 0.29) is 11.5 Å². The summed E-state index contributed by atoms with van der Waals surface area (Å²) in [6.45, 7) is 0.555. The van der Waals surface area contributed by atoms with Gasteiger partial charge in [-0.05, 0) is 47.5 Å². The van der Waals surface area contributed by atoms with Crippen LogP contribution in [0.15, 0.2) is 73.1 Å². The highest BCUT2D eigenvalue weighted by atomic mass is 19.1. The zero-order chi connectivity index (χ0) is 20.9. The Morgan fingerprint density at radius 3 is 2.63 bits per heavy atom. The van der Waals surface area contributed by atoms with Crippen LogP contribution in [0.5, 0.6) is 0 Å². The number of pyridine rings is 1. The number of hydrogen-bond acceptors (Lipinski definition) is 5. The quantitative estimate of drug-likeness (QED) is 0.481. The highest BCUT2D eigenvalue weighted by molar-refractivity contribution is 6.04. The molecule has 0 bridgehead atoms. The summed E-state index contributed by atoms with van der Waals surface area (Å²) in [6, 6.07) is 17.1. The number of carbonyl (C=O) groups is 1. The van der Waals surface area contributed by atoms with Gasteiger partial charge < -0.3 is 11.1 Å². The van der Waals surface area contributed by atoms with Crippen molar-refractivity contribution in [2.75, 3.05) is 11.1 Å². The average molecular weight is 402 g/mol. The Kier molecular flexibility index (Phi) is 5.47. The van der Waals surface area contributed by atoms with E-state index >= 15 is 0 Å². The van der Waals surface area contributed by atoms with Crippen LogP contribution in [0.1, 0.15) is 16.2 Å². The van der Waals surface area contributed by atoms with Crippen LogP contribution >= 0.6 is 0 Å². The lowest BCUT2D eigenvalue weighted by Crippen LogP contribution is -2.14. The number of nitrogens with one attached hydrogen (secondary N) is 1. The van der Waals surface area contributed by atoms with E-state index in [0.717, 1.165) is 16.8 Å². The van der Waals surface area contributed by atoms with Crippen LogP contribution in [0.4, 0.5) is 15.8 Å². The maximum Gasteiger partial charge on any atom is 0.277 e. The maximum absolute atomic E-state index is 13.2. The largest absolute Gasteiger partial charge is 0.397 e. The third-order valence-electron chi connectivity index (χ3n) is 4.57. The van der Waals surface area contributed by atoms with Gasteiger partial charge in [0.05, 0.1) is 17.6 Å². The van der Waals surface area contributed by atoms with Crippen molar-refractivity contribution in [3.63, 3.8) is 0 Å². The molecule has 0 aliphatic rings. The van der Waals surface area contributed by atoms with Crippen LogP contribution in [-0.2, 0) is 13.0 Å². The first-order valence-corrected chi connectivity index (χ1v) is 9.35. The van der Waals surface area contributed by atoms with Gasteiger partial charge in [-0.25, -0.2) is 4.39 Å². The van der Waals surface area contributed by atoms with Crippen molar-refractivity contribution in [2.24, 2.45) is 0 Å². The Hall–Kier alpha value is -4.07. The zero-order valence-corrected chi connectivity index (χ0v) is 16.0. The summed E-state index contributed by atoms with van der Waals surface area (Å²) in [5, 5.41) is 10.7. The van der Waals surface area contributed by atoms with Gasteiger partial charge in [-0.15, -0.1) is 5.10 Å². The molecular formula is C22H19FN6O. The molecule has 4 aromatic rings. The third-order valence-corrected chi connectivity index (χ3v) is 4.57. The normalized spacial score (nSPS) is 10.7. The molecule has 8 heteroatoms. The first-order valence-electron chi connectivity index (χ1n) is 9.35. The van der Waals surface area contributed by atoms with Gasteiger partial charge in [-0.2, -0.15) is 0 Å². The van der Waals surface area contributed by atoms with Crippen LogP contribution in [0.2, 0.25) is 0 Å².